The summed E-state index contributed by atoms with van der Waals surface area (Å²) in [5.41, 5.74) is 16.6. The summed E-state index contributed by atoms with van der Waals surface area (Å²) in [5, 5.41) is 0. The maximum atomic E-state index is 5.38. The number of H-pyrrole nitrogens is 1. The first-order valence-corrected chi connectivity index (χ1v) is 2.52. The quantitative estimate of drug-likeness (QED) is 0.426. The van der Waals surface area contributed by atoms with E-state index in [-0.39, 0.29) is 0 Å². The first-order valence-electron chi connectivity index (χ1n) is 2.52. The van der Waals surface area contributed by atoms with Gasteiger partial charge in [0.2, 0.25) is 11.6 Å². The van der Waals surface area contributed by atoms with Crippen LogP contribution in [0.5, 0.6) is 0 Å². The van der Waals surface area contributed by atoms with E-state index in [1.54, 1.807) is 12.1 Å². The van der Waals surface area contributed by atoms with Crippen LogP contribution in [0.15, 0.2) is 12.1 Å². The number of nitrogens with one attached hydrogen (secondary N) is 1. The maximum Gasteiger partial charge on any atom is 0.218 e. The Morgan fingerprint density at radius 2 is 1.44 bits per heavy atom. The smallest absolute Gasteiger partial charge is 0.218 e. The van der Waals surface area contributed by atoms with Gasteiger partial charge in [0, 0.05) is 17.8 Å². The number of nitrogens with two attached hydrogens (primary N) is 3. The van der Waals surface area contributed by atoms with Gasteiger partial charge in [0.15, 0.2) is 0 Å². The van der Waals surface area contributed by atoms with Gasteiger partial charge < -0.3 is 17.2 Å². The van der Waals surface area contributed by atoms with Crippen LogP contribution in [0, 0.1) is 0 Å². The lowest BCUT2D eigenvalue weighted by molar-refractivity contribution is -0.342. The molecule has 0 unspecified atom stereocenters. The molecule has 1 heterocycles. The Bertz CT molecular complexity index is 170. The summed E-state index contributed by atoms with van der Waals surface area (Å²) in [6, 6.07) is 3.22. The molecule has 7 N–H and O–H groups in total. The van der Waals surface area contributed by atoms with Gasteiger partial charge in [-0.05, 0) is 0 Å². The Morgan fingerprint density at radius 3 is 1.78 bits per heavy atom. The molecule has 0 bridgehead atoms. The summed E-state index contributed by atoms with van der Waals surface area (Å²) in [6.07, 6.45) is 0. The Morgan fingerprint density at radius 1 is 1.00 bits per heavy atom. The van der Waals surface area contributed by atoms with E-state index in [1.807, 2.05) is 0 Å². The number of nitrogen functional groups attached to an aromatic ring is 3. The van der Waals surface area contributed by atoms with Gasteiger partial charge >= 0.3 is 0 Å². The van der Waals surface area contributed by atoms with Crippen molar-refractivity contribution in [3.63, 3.8) is 0 Å². The van der Waals surface area contributed by atoms with Crippen LogP contribution >= 0.6 is 0 Å². The molecule has 1 rings (SSSR count). The zero-order valence-corrected chi connectivity index (χ0v) is 4.89. The van der Waals surface area contributed by atoms with Crippen LogP contribution < -0.4 is 22.2 Å². The van der Waals surface area contributed by atoms with Gasteiger partial charge in [0.05, 0.1) is 0 Å². The fourth-order valence-corrected chi connectivity index (χ4v) is 0.640. The number of pyridine rings is 1. The van der Waals surface area contributed by atoms with Crippen LogP contribution in [0.2, 0.25) is 0 Å². The van der Waals surface area contributed by atoms with Gasteiger partial charge in [-0.1, -0.05) is 0 Å². The van der Waals surface area contributed by atoms with E-state index in [9.17, 15) is 0 Å². The zero-order chi connectivity index (χ0) is 6.85. The molecule has 0 saturated heterocycles. The predicted molar refractivity (Wildman–Crippen MR) is 36.2 cm³/mol. The fraction of sp³-hybridized carbons (Fsp3) is 0. The highest BCUT2D eigenvalue weighted by molar-refractivity contribution is 5.48. The van der Waals surface area contributed by atoms with Crippen molar-refractivity contribution in [3.05, 3.63) is 12.1 Å². The highest BCUT2D eigenvalue weighted by Crippen LogP contribution is 2.04. The molecule has 0 spiro atoms. The van der Waals surface area contributed by atoms with Crippen molar-refractivity contribution in [1.29, 1.82) is 0 Å². The highest BCUT2D eigenvalue weighted by atomic mass is 14.9. The van der Waals surface area contributed by atoms with Gasteiger partial charge in [-0.15, -0.1) is 0 Å². The van der Waals surface area contributed by atoms with Gasteiger partial charge in [-0.2, -0.15) is 0 Å². The van der Waals surface area contributed by atoms with E-state index in [0.29, 0.717) is 17.3 Å². The summed E-state index contributed by atoms with van der Waals surface area (Å²) >= 11 is 0. The molecular weight excluding hydrogens is 116 g/mol. The van der Waals surface area contributed by atoms with Crippen LogP contribution in [0.1, 0.15) is 0 Å². The van der Waals surface area contributed by atoms with Gasteiger partial charge in [-0.3, -0.25) is 0 Å². The molecule has 0 atom stereocenters. The standard InChI is InChI=1S/C5H8N4/c6-3-1-4(7)9-5(8)2-3/h1-2H,(H6,6,7,8,9)/p+1. The maximum absolute atomic E-state index is 5.38. The average Bonchev–Trinajstić information content (AvgIpc) is 1.59. The van der Waals surface area contributed by atoms with Crippen molar-refractivity contribution >= 4 is 17.3 Å². The lowest BCUT2D eigenvalue weighted by Gasteiger charge is -1.92. The topological polar surface area (TPSA) is 92.2 Å². The predicted octanol–water partition coefficient (Wildman–Crippen LogP) is -0.753. The molecule has 4 nitrogen and oxygen atoms in total. The monoisotopic (exact) mass is 125 g/mol. The molecule has 0 aliphatic carbocycles. The van der Waals surface area contributed by atoms with E-state index in [0.717, 1.165) is 0 Å². The van der Waals surface area contributed by atoms with E-state index >= 15 is 0 Å². The lowest BCUT2D eigenvalue weighted by atomic mass is 10.4. The zero-order valence-electron chi connectivity index (χ0n) is 4.89. The van der Waals surface area contributed by atoms with Crippen LogP contribution in [-0.2, 0) is 0 Å². The Balaban J connectivity index is 3.17. The summed E-state index contributed by atoms with van der Waals surface area (Å²) in [7, 11) is 0. The van der Waals surface area contributed by atoms with Crippen molar-refractivity contribution in [2.75, 3.05) is 17.2 Å². The van der Waals surface area contributed by atoms with E-state index < -0.39 is 0 Å². The third kappa shape index (κ3) is 1.22. The Kier molecular flexibility index (Phi) is 1.14. The fourth-order valence-electron chi connectivity index (χ4n) is 0.640. The molecule has 9 heavy (non-hydrogen) atoms. The molecule has 0 radical (unpaired) electrons. The molecule has 1 aromatic rings. The second-order valence-corrected chi connectivity index (χ2v) is 1.82. The Hall–Kier alpha value is -1.45. The van der Waals surface area contributed by atoms with Crippen molar-refractivity contribution in [2.45, 2.75) is 0 Å². The number of hydrogen-bond acceptors (Lipinski definition) is 3. The third-order valence-corrected chi connectivity index (χ3v) is 0.933. The molecule has 1 aromatic heterocycles. The van der Waals surface area contributed by atoms with Crippen molar-refractivity contribution < 1.29 is 4.98 Å². The van der Waals surface area contributed by atoms with Crippen molar-refractivity contribution in [3.8, 4) is 0 Å². The Labute approximate surface area is 52.7 Å². The molecule has 4 heteroatoms. The minimum atomic E-state index is 0.479. The number of hydrogen-bond donors (Lipinski definition) is 3. The normalized spacial score (nSPS) is 9.33. The second kappa shape index (κ2) is 1.81. The van der Waals surface area contributed by atoms with E-state index in [1.165, 1.54) is 0 Å². The largest absolute Gasteiger partial charge is 0.398 e. The first kappa shape index (κ1) is 5.68. The number of rotatable bonds is 0. The lowest BCUT2D eigenvalue weighted by Crippen LogP contribution is -2.15. The van der Waals surface area contributed by atoms with Crippen LogP contribution in [-0.4, -0.2) is 0 Å². The molecule has 0 amide bonds. The van der Waals surface area contributed by atoms with E-state index in [4.69, 9.17) is 17.2 Å². The number of aromatic nitrogens is 1. The summed E-state index contributed by atoms with van der Waals surface area (Å²) in [4.78, 5) is 2.69. The van der Waals surface area contributed by atoms with E-state index in [2.05, 4.69) is 4.98 Å². The molecule has 48 valence electrons. The molecular formula is C5H9N4+. The summed E-state index contributed by atoms with van der Waals surface area (Å²) in [5.74, 6) is 0.958. The van der Waals surface area contributed by atoms with Crippen LogP contribution in [0.25, 0.3) is 0 Å². The van der Waals surface area contributed by atoms with Gasteiger partial charge in [0.1, 0.15) is 0 Å². The van der Waals surface area contributed by atoms with Crippen LogP contribution in [0.3, 0.4) is 0 Å². The molecule has 0 aromatic carbocycles. The first-order chi connectivity index (χ1) is 4.18. The van der Waals surface area contributed by atoms with Gasteiger partial charge in [-0.25, -0.2) is 4.98 Å². The summed E-state index contributed by atoms with van der Waals surface area (Å²) < 4.78 is 0. The minimum Gasteiger partial charge on any atom is -0.398 e. The third-order valence-electron chi connectivity index (χ3n) is 0.933. The minimum absolute atomic E-state index is 0.479. The average molecular weight is 125 g/mol. The second-order valence-electron chi connectivity index (χ2n) is 1.82. The number of aromatic amines is 1. The van der Waals surface area contributed by atoms with Crippen LogP contribution in [0.4, 0.5) is 17.3 Å². The van der Waals surface area contributed by atoms with Crippen molar-refractivity contribution in [1.82, 2.24) is 0 Å². The molecule has 0 aliphatic rings. The molecule has 0 fully saturated rings. The van der Waals surface area contributed by atoms with Crippen molar-refractivity contribution in [2.24, 2.45) is 0 Å². The van der Waals surface area contributed by atoms with Gasteiger partial charge in [0.25, 0.3) is 0 Å². The number of anilines is 3. The molecule has 0 aliphatic heterocycles. The summed E-state index contributed by atoms with van der Waals surface area (Å²) in [6.45, 7) is 0. The molecule has 0 saturated carbocycles. The SMILES string of the molecule is Nc1cc(N)[nH+]c(N)c1. The highest BCUT2D eigenvalue weighted by Gasteiger charge is 1.94.